The van der Waals surface area contributed by atoms with Gasteiger partial charge in [0.25, 0.3) is 0 Å². The number of hydrogen-bond donors (Lipinski definition) is 1. The lowest BCUT2D eigenvalue weighted by atomic mass is 10.2. The highest BCUT2D eigenvalue weighted by atomic mass is 127. The average Bonchev–Trinajstić information content (AvgIpc) is 2.77. The fourth-order valence-electron chi connectivity index (χ4n) is 2.98. The highest BCUT2D eigenvalue weighted by molar-refractivity contribution is 5.90. The van der Waals surface area contributed by atoms with E-state index in [9.17, 15) is 14.7 Å². The zero-order valence-electron chi connectivity index (χ0n) is 15.4. The molecule has 0 bridgehead atoms. The van der Waals surface area contributed by atoms with Crippen LogP contribution in [0, 0.1) is 7.14 Å². The molecule has 6 nitrogen and oxygen atoms in total. The van der Waals surface area contributed by atoms with Gasteiger partial charge in [0, 0.05) is 6.20 Å². The molecule has 4 aromatic rings. The van der Waals surface area contributed by atoms with E-state index < -0.39 is 27.2 Å². The Labute approximate surface area is 176 Å². The van der Waals surface area contributed by atoms with Crippen LogP contribution in [-0.4, -0.2) is 27.7 Å². The second-order valence-electron chi connectivity index (χ2n) is 6.11. The molecular formula is C22H16IN2O4+. The molecule has 4 rings (SSSR count). The number of esters is 1. The highest BCUT2D eigenvalue weighted by Gasteiger charge is 2.30. The maximum Gasteiger partial charge on any atom is 0.368 e. The standard InChI is InChI=1S/C22H15IN2O4/c1-29-22(28)14-7-5-10-16(13-14)25-20-17(11-6-12-24-20)19(26)18(21(25)27)23-15-8-3-2-4-9-15/h2-13H,1H3/p+1. The molecule has 0 spiro atoms. The lowest BCUT2D eigenvalue weighted by Gasteiger charge is -2.11. The topological polar surface area (TPSA) is 81.4 Å². The fraction of sp³-hybridized carbons (Fsp3) is 0.0455. The molecule has 0 amide bonds. The Bertz CT molecular complexity index is 1270. The lowest BCUT2D eigenvalue weighted by Crippen LogP contribution is -3.62. The van der Waals surface area contributed by atoms with E-state index in [0.717, 1.165) is 3.57 Å². The van der Waals surface area contributed by atoms with E-state index in [-0.39, 0.29) is 11.3 Å². The normalized spacial score (nSPS) is 10.8. The molecule has 0 aliphatic rings. The summed E-state index contributed by atoms with van der Waals surface area (Å²) in [6, 6.07) is 19.7. The first-order valence-corrected chi connectivity index (χ1v) is 10.9. The molecule has 0 saturated heterocycles. The molecule has 0 fully saturated rings. The molecule has 0 radical (unpaired) electrons. The first-order valence-electron chi connectivity index (χ1n) is 8.71. The predicted molar refractivity (Wildman–Crippen MR) is 104 cm³/mol. The van der Waals surface area contributed by atoms with Crippen LogP contribution in [0.2, 0.25) is 0 Å². The van der Waals surface area contributed by atoms with E-state index in [0.29, 0.717) is 25.9 Å². The van der Waals surface area contributed by atoms with Crippen molar-refractivity contribution in [2.24, 2.45) is 0 Å². The molecule has 2 aromatic heterocycles. The molecular weight excluding hydrogens is 483 g/mol. The van der Waals surface area contributed by atoms with Crippen LogP contribution in [0.1, 0.15) is 10.4 Å². The van der Waals surface area contributed by atoms with Crippen LogP contribution in [0.3, 0.4) is 0 Å². The minimum absolute atomic E-state index is 0.0323. The van der Waals surface area contributed by atoms with E-state index in [1.807, 2.05) is 30.3 Å². The van der Waals surface area contributed by atoms with Crippen molar-refractivity contribution in [3.63, 3.8) is 0 Å². The van der Waals surface area contributed by atoms with Gasteiger partial charge >= 0.3 is 36.3 Å². The van der Waals surface area contributed by atoms with Crippen molar-refractivity contribution in [2.45, 2.75) is 0 Å². The summed E-state index contributed by atoms with van der Waals surface area (Å²) < 4.78 is 7.62. The maximum atomic E-state index is 13.4. The summed E-state index contributed by atoms with van der Waals surface area (Å²) in [6.07, 6.45) is 1.56. The summed E-state index contributed by atoms with van der Waals surface area (Å²) in [5.41, 5.74) is 0.804. The largest absolute Gasteiger partial charge is 0.503 e. The summed E-state index contributed by atoms with van der Waals surface area (Å²) in [4.78, 5) is 29.7. The summed E-state index contributed by atoms with van der Waals surface area (Å²) in [5, 5.41) is 11.3. The number of hydrogen-bond acceptors (Lipinski definition) is 5. The number of ether oxygens (including phenoxy) is 1. The SMILES string of the molecule is COC(=O)c1cccc(-n2c(=O)c([I+]c3ccccc3)c(O)c3cccnc32)c1. The van der Waals surface area contributed by atoms with Crippen molar-refractivity contribution in [3.05, 3.63) is 96.0 Å². The summed E-state index contributed by atoms with van der Waals surface area (Å²) in [7, 11) is 1.31. The Morgan fingerprint density at radius 1 is 1.07 bits per heavy atom. The van der Waals surface area contributed by atoms with Gasteiger partial charge in [-0.3, -0.25) is 9.36 Å². The van der Waals surface area contributed by atoms with Crippen LogP contribution in [-0.2, 0) is 4.74 Å². The first-order chi connectivity index (χ1) is 14.1. The van der Waals surface area contributed by atoms with Gasteiger partial charge in [0.2, 0.25) is 0 Å². The number of carbonyl (C=O) groups is 1. The molecule has 2 aromatic carbocycles. The number of halogens is 1. The van der Waals surface area contributed by atoms with Crippen molar-refractivity contribution in [2.75, 3.05) is 7.11 Å². The Balaban J connectivity index is 1.99. The number of carbonyl (C=O) groups excluding carboxylic acids is 1. The summed E-state index contributed by atoms with van der Waals surface area (Å²) >= 11 is -0.925. The minimum Gasteiger partial charge on any atom is -0.503 e. The smallest absolute Gasteiger partial charge is 0.368 e. The fourth-order valence-corrected chi connectivity index (χ4v) is 5.39. The number of benzene rings is 2. The number of pyridine rings is 2. The van der Waals surface area contributed by atoms with E-state index in [1.165, 1.54) is 11.7 Å². The van der Waals surface area contributed by atoms with Crippen molar-refractivity contribution < 1.29 is 35.8 Å². The Morgan fingerprint density at radius 2 is 1.86 bits per heavy atom. The molecule has 0 unspecified atom stereocenters. The van der Waals surface area contributed by atoms with E-state index >= 15 is 0 Å². The van der Waals surface area contributed by atoms with Crippen LogP contribution in [0.4, 0.5) is 0 Å². The first kappa shape index (κ1) is 19.1. The maximum absolute atomic E-state index is 13.4. The number of methoxy groups -OCH3 is 1. The van der Waals surface area contributed by atoms with Crippen LogP contribution in [0.15, 0.2) is 77.7 Å². The zero-order chi connectivity index (χ0) is 20.4. The van der Waals surface area contributed by atoms with Gasteiger partial charge in [0.1, 0.15) is 0 Å². The van der Waals surface area contributed by atoms with Gasteiger partial charge in [-0.15, -0.1) is 0 Å². The molecule has 0 aliphatic heterocycles. The van der Waals surface area contributed by atoms with E-state index in [1.54, 1.807) is 42.6 Å². The number of fused-ring (bicyclic) bond motifs is 1. The van der Waals surface area contributed by atoms with Gasteiger partial charge in [-0.25, -0.2) is 9.78 Å². The summed E-state index contributed by atoms with van der Waals surface area (Å²) in [6.45, 7) is 0. The van der Waals surface area contributed by atoms with Crippen molar-refractivity contribution >= 4 is 17.0 Å². The monoisotopic (exact) mass is 499 g/mol. The van der Waals surface area contributed by atoms with Crippen LogP contribution >= 0.6 is 0 Å². The highest BCUT2D eigenvalue weighted by Crippen LogP contribution is 2.23. The van der Waals surface area contributed by atoms with Gasteiger partial charge in [-0.1, -0.05) is 24.3 Å². The van der Waals surface area contributed by atoms with Gasteiger partial charge < -0.3 is 9.84 Å². The van der Waals surface area contributed by atoms with E-state index in [4.69, 9.17) is 4.74 Å². The number of rotatable bonds is 4. The number of aromatic nitrogens is 2. The molecule has 144 valence electrons. The van der Waals surface area contributed by atoms with Crippen molar-refractivity contribution in [1.29, 1.82) is 0 Å². The number of nitrogens with zero attached hydrogens (tertiary/aromatic N) is 2. The Hall–Kier alpha value is -3.20. The van der Waals surface area contributed by atoms with Crippen molar-refractivity contribution in [1.82, 2.24) is 9.55 Å². The van der Waals surface area contributed by atoms with Gasteiger partial charge in [-0.2, -0.15) is 0 Å². The third-order valence-electron chi connectivity index (χ3n) is 4.31. The second-order valence-corrected chi connectivity index (χ2v) is 8.97. The van der Waals surface area contributed by atoms with E-state index in [2.05, 4.69) is 4.98 Å². The molecule has 0 atom stereocenters. The predicted octanol–water partition coefficient (Wildman–Crippen LogP) is 0.00630. The molecule has 0 aliphatic carbocycles. The third kappa shape index (κ3) is 3.61. The number of aromatic hydroxyl groups is 1. The van der Waals surface area contributed by atoms with Crippen LogP contribution in [0.5, 0.6) is 5.75 Å². The molecule has 29 heavy (non-hydrogen) atoms. The van der Waals surface area contributed by atoms with Crippen molar-refractivity contribution in [3.8, 4) is 11.4 Å². The van der Waals surface area contributed by atoms with Crippen LogP contribution < -0.4 is 26.8 Å². The minimum atomic E-state index is -0.925. The quantitative estimate of drug-likeness (QED) is 0.316. The lowest BCUT2D eigenvalue weighted by molar-refractivity contribution is -0.600. The summed E-state index contributed by atoms with van der Waals surface area (Å²) in [5.74, 6) is -0.525. The van der Waals surface area contributed by atoms with Gasteiger partial charge in [0.05, 0.1) is 23.7 Å². The van der Waals surface area contributed by atoms with Gasteiger partial charge in [0.15, 0.2) is 15.0 Å². The third-order valence-corrected chi connectivity index (χ3v) is 7.17. The second kappa shape index (κ2) is 8.04. The Kier molecular flexibility index (Phi) is 5.30. The molecule has 0 saturated carbocycles. The molecule has 7 heteroatoms. The van der Waals surface area contributed by atoms with Gasteiger partial charge in [-0.05, 0) is 42.5 Å². The zero-order valence-corrected chi connectivity index (χ0v) is 17.5. The average molecular weight is 499 g/mol. The molecule has 1 N–H and O–H groups in total. The Morgan fingerprint density at radius 3 is 2.62 bits per heavy atom. The van der Waals surface area contributed by atoms with Crippen LogP contribution in [0.25, 0.3) is 16.7 Å². The molecule has 2 heterocycles.